The van der Waals surface area contributed by atoms with Crippen molar-refractivity contribution in [3.63, 3.8) is 0 Å². The molecule has 1 heterocycles. The number of anilines is 2. The van der Waals surface area contributed by atoms with Gasteiger partial charge in [-0.2, -0.15) is 0 Å². The van der Waals surface area contributed by atoms with Crippen LogP contribution in [0.15, 0.2) is 48.5 Å². The maximum Gasteiger partial charge on any atom is 0.308 e. The van der Waals surface area contributed by atoms with Crippen molar-refractivity contribution in [3.8, 4) is 17.0 Å². The molecule has 134 valence electrons. The van der Waals surface area contributed by atoms with Crippen molar-refractivity contribution < 1.29 is 14.6 Å². The molecule has 0 aliphatic heterocycles. The summed E-state index contributed by atoms with van der Waals surface area (Å²) in [6.07, 6.45) is -0.0808. The molecule has 0 bridgehead atoms. The van der Waals surface area contributed by atoms with Gasteiger partial charge in [0.1, 0.15) is 5.75 Å². The SMILES string of the molecule is CCOc1ccc(-c2nc(Nc3ccc(Cl)cc3)sc2CC(=O)O)cc1. The number of halogens is 1. The monoisotopic (exact) mass is 388 g/mol. The molecule has 3 aromatic rings. The molecule has 1 aromatic heterocycles. The lowest BCUT2D eigenvalue weighted by molar-refractivity contribution is -0.136. The first kappa shape index (κ1) is 18.2. The Bertz CT molecular complexity index is 892. The minimum absolute atomic E-state index is 0.0808. The minimum atomic E-state index is -0.890. The van der Waals surface area contributed by atoms with Crippen molar-refractivity contribution in [1.29, 1.82) is 0 Å². The molecule has 0 spiro atoms. The van der Waals surface area contributed by atoms with Crippen molar-refractivity contribution in [3.05, 3.63) is 58.4 Å². The Kier molecular flexibility index (Phi) is 5.75. The Morgan fingerprint density at radius 3 is 2.50 bits per heavy atom. The summed E-state index contributed by atoms with van der Waals surface area (Å²) in [4.78, 5) is 16.5. The number of nitrogens with one attached hydrogen (secondary N) is 1. The number of aromatic nitrogens is 1. The van der Waals surface area contributed by atoms with Gasteiger partial charge in [0.2, 0.25) is 0 Å². The molecule has 2 N–H and O–H groups in total. The van der Waals surface area contributed by atoms with Crippen LogP contribution in [0.5, 0.6) is 5.75 Å². The molecular weight excluding hydrogens is 372 g/mol. The third kappa shape index (κ3) is 4.53. The lowest BCUT2D eigenvalue weighted by Gasteiger charge is -2.04. The number of carbonyl (C=O) groups is 1. The summed E-state index contributed by atoms with van der Waals surface area (Å²) in [5.74, 6) is -0.121. The molecule has 0 saturated carbocycles. The molecule has 0 unspecified atom stereocenters. The third-order valence-electron chi connectivity index (χ3n) is 3.54. The molecule has 0 amide bonds. The summed E-state index contributed by atoms with van der Waals surface area (Å²) in [5, 5.41) is 13.7. The van der Waals surface area contributed by atoms with Crippen LogP contribution in [0.25, 0.3) is 11.3 Å². The van der Waals surface area contributed by atoms with Crippen molar-refractivity contribution >= 4 is 39.7 Å². The van der Waals surface area contributed by atoms with Crippen molar-refractivity contribution in [1.82, 2.24) is 4.98 Å². The first-order chi connectivity index (χ1) is 12.5. The molecule has 0 radical (unpaired) electrons. The highest BCUT2D eigenvalue weighted by Gasteiger charge is 2.16. The molecule has 0 atom stereocenters. The smallest absolute Gasteiger partial charge is 0.308 e. The lowest BCUT2D eigenvalue weighted by Crippen LogP contribution is -1.99. The van der Waals surface area contributed by atoms with Crippen LogP contribution in [-0.4, -0.2) is 22.7 Å². The molecule has 7 heteroatoms. The normalized spacial score (nSPS) is 10.5. The molecule has 0 aliphatic rings. The zero-order chi connectivity index (χ0) is 18.5. The second-order valence-electron chi connectivity index (χ2n) is 5.45. The highest BCUT2D eigenvalue weighted by atomic mass is 35.5. The number of ether oxygens (including phenoxy) is 1. The van der Waals surface area contributed by atoms with Gasteiger partial charge in [0.25, 0.3) is 0 Å². The number of benzene rings is 2. The van der Waals surface area contributed by atoms with Gasteiger partial charge in [0, 0.05) is 21.2 Å². The van der Waals surface area contributed by atoms with Gasteiger partial charge in [-0.05, 0) is 55.5 Å². The van der Waals surface area contributed by atoms with E-state index < -0.39 is 5.97 Å². The van der Waals surface area contributed by atoms with Gasteiger partial charge in [-0.1, -0.05) is 11.6 Å². The number of thiazole rings is 1. The molecule has 26 heavy (non-hydrogen) atoms. The summed E-state index contributed by atoms with van der Waals surface area (Å²) < 4.78 is 5.45. The highest BCUT2D eigenvalue weighted by molar-refractivity contribution is 7.16. The second-order valence-corrected chi connectivity index (χ2v) is 6.97. The fourth-order valence-electron chi connectivity index (χ4n) is 2.42. The lowest BCUT2D eigenvalue weighted by atomic mass is 10.1. The van der Waals surface area contributed by atoms with Crippen molar-refractivity contribution in [2.75, 3.05) is 11.9 Å². The fourth-order valence-corrected chi connectivity index (χ4v) is 3.54. The second kappa shape index (κ2) is 8.21. The number of carboxylic acids is 1. The number of carboxylic acid groups (broad SMARTS) is 1. The van der Waals surface area contributed by atoms with Crippen LogP contribution in [0, 0.1) is 0 Å². The van der Waals surface area contributed by atoms with Gasteiger partial charge in [-0.15, -0.1) is 11.3 Å². The summed E-state index contributed by atoms with van der Waals surface area (Å²) in [6.45, 7) is 2.52. The standard InChI is InChI=1S/C19H17ClN2O3S/c1-2-25-15-9-3-12(4-10-15)18-16(11-17(23)24)26-19(22-18)21-14-7-5-13(20)6-8-14/h3-10H,2,11H2,1H3,(H,21,22)(H,23,24). The largest absolute Gasteiger partial charge is 0.494 e. The van der Waals surface area contributed by atoms with Crippen LogP contribution in [0.4, 0.5) is 10.8 Å². The van der Waals surface area contributed by atoms with Crippen LogP contribution >= 0.6 is 22.9 Å². The van der Waals surface area contributed by atoms with Gasteiger partial charge < -0.3 is 15.2 Å². The Morgan fingerprint density at radius 1 is 1.19 bits per heavy atom. The summed E-state index contributed by atoms with van der Waals surface area (Å²) in [7, 11) is 0. The van der Waals surface area contributed by atoms with E-state index in [-0.39, 0.29) is 6.42 Å². The first-order valence-corrected chi connectivity index (χ1v) is 9.22. The molecule has 0 saturated heterocycles. The van der Waals surface area contributed by atoms with Gasteiger partial charge in [-0.3, -0.25) is 4.79 Å². The topological polar surface area (TPSA) is 71.5 Å². The van der Waals surface area contributed by atoms with E-state index in [1.807, 2.05) is 43.3 Å². The Morgan fingerprint density at radius 2 is 1.88 bits per heavy atom. The maximum atomic E-state index is 11.2. The van der Waals surface area contributed by atoms with Crippen molar-refractivity contribution in [2.45, 2.75) is 13.3 Å². The highest BCUT2D eigenvalue weighted by Crippen LogP contribution is 2.34. The van der Waals surface area contributed by atoms with E-state index in [2.05, 4.69) is 10.3 Å². The summed E-state index contributed by atoms with van der Waals surface area (Å²) >= 11 is 7.23. The number of aliphatic carboxylic acids is 1. The maximum absolute atomic E-state index is 11.2. The van der Waals surface area contributed by atoms with E-state index in [9.17, 15) is 9.90 Å². The molecular formula is C19H17ClN2O3S. The molecule has 3 rings (SSSR count). The summed E-state index contributed by atoms with van der Waals surface area (Å²) in [5.41, 5.74) is 2.35. The van der Waals surface area contributed by atoms with Crippen molar-refractivity contribution in [2.24, 2.45) is 0 Å². The zero-order valence-corrected chi connectivity index (χ0v) is 15.6. The van der Waals surface area contributed by atoms with Gasteiger partial charge in [0.15, 0.2) is 5.13 Å². The molecule has 0 aliphatic carbocycles. The van der Waals surface area contributed by atoms with Gasteiger partial charge in [0.05, 0.1) is 18.7 Å². The fraction of sp³-hybridized carbons (Fsp3) is 0.158. The Hall–Kier alpha value is -2.57. The van der Waals surface area contributed by atoms with Crippen LogP contribution < -0.4 is 10.1 Å². The van der Waals surface area contributed by atoms with E-state index in [0.29, 0.717) is 27.3 Å². The average Bonchev–Trinajstić information content (AvgIpc) is 2.99. The van der Waals surface area contributed by atoms with Crippen LogP contribution in [0.3, 0.4) is 0 Å². The number of nitrogens with zero attached hydrogens (tertiary/aromatic N) is 1. The predicted octanol–water partition coefficient (Wildman–Crippen LogP) is 5.23. The van der Waals surface area contributed by atoms with E-state index in [1.165, 1.54) is 11.3 Å². The van der Waals surface area contributed by atoms with Crippen LogP contribution in [0.2, 0.25) is 5.02 Å². The molecule has 2 aromatic carbocycles. The number of hydrogen-bond acceptors (Lipinski definition) is 5. The predicted molar refractivity (Wildman–Crippen MR) is 105 cm³/mol. The molecule has 0 fully saturated rings. The van der Waals surface area contributed by atoms with E-state index in [0.717, 1.165) is 17.0 Å². The Labute approximate surface area is 160 Å². The van der Waals surface area contributed by atoms with E-state index in [1.54, 1.807) is 12.1 Å². The quantitative estimate of drug-likeness (QED) is 0.579. The molecule has 5 nitrogen and oxygen atoms in total. The number of rotatable bonds is 7. The first-order valence-electron chi connectivity index (χ1n) is 8.02. The summed E-state index contributed by atoms with van der Waals surface area (Å²) in [6, 6.07) is 14.7. The van der Waals surface area contributed by atoms with Crippen LogP contribution in [0.1, 0.15) is 11.8 Å². The van der Waals surface area contributed by atoms with E-state index >= 15 is 0 Å². The van der Waals surface area contributed by atoms with E-state index in [4.69, 9.17) is 16.3 Å². The third-order valence-corrected chi connectivity index (χ3v) is 4.77. The Balaban J connectivity index is 1.90. The average molecular weight is 389 g/mol. The van der Waals surface area contributed by atoms with Crippen LogP contribution in [-0.2, 0) is 11.2 Å². The minimum Gasteiger partial charge on any atom is -0.494 e. The van der Waals surface area contributed by atoms with Gasteiger partial charge >= 0.3 is 5.97 Å². The van der Waals surface area contributed by atoms with Gasteiger partial charge in [-0.25, -0.2) is 4.98 Å². The zero-order valence-electron chi connectivity index (χ0n) is 14.0. The number of hydrogen-bond donors (Lipinski definition) is 2.